The van der Waals surface area contributed by atoms with Crippen LogP contribution in [0, 0.1) is 12.8 Å². The number of nitrogens with one attached hydrogen (secondary N) is 1. The Kier molecular flexibility index (Phi) is 9.92. The van der Waals surface area contributed by atoms with E-state index in [1.165, 1.54) is 0 Å². The van der Waals surface area contributed by atoms with Crippen LogP contribution < -0.4 is 11.1 Å². The van der Waals surface area contributed by atoms with Gasteiger partial charge in [-0.2, -0.15) is 0 Å². The van der Waals surface area contributed by atoms with E-state index in [1.54, 1.807) is 23.1 Å². The molecule has 0 aromatic heterocycles. The molecule has 0 bridgehead atoms. The fraction of sp³-hybridized carbons (Fsp3) is 0.423. The average molecular weight is 438 g/mol. The quantitative estimate of drug-likeness (QED) is 0.647. The Balaban J connectivity index is 0.000000303. The predicted molar refractivity (Wildman–Crippen MR) is 127 cm³/mol. The standard InChI is InChI=1S/C18H26N2O2.C8H9NO/c1-3-16(20-13-7-6-10-17(20)21)12-11-14(2)19-18(22)15-8-4-5-9-15;1-6-3-2-4-7(5-6)8(9)10/h3,11-12,15H,1,4-10,13H2,2H3,(H,19,22);2-5H,1H3,(H2,9,10)/b14-11+,16-12+;. The molecule has 1 aliphatic carbocycles. The van der Waals surface area contributed by atoms with Crippen LogP contribution in [-0.2, 0) is 9.59 Å². The first-order valence-electron chi connectivity index (χ1n) is 11.3. The summed E-state index contributed by atoms with van der Waals surface area (Å²) in [6.07, 6.45) is 12.3. The van der Waals surface area contributed by atoms with E-state index in [0.29, 0.717) is 12.0 Å². The van der Waals surface area contributed by atoms with Crippen molar-refractivity contribution in [2.45, 2.75) is 58.8 Å². The van der Waals surface area contributed by atoms with Crippen molar-refractivity contribution in [3.63, 3.8) is 0 Å². The Morgan fingerprint density at radius 2 is 1.88 bits per heavy atom. The van der Waals surface area contributed by atoms with Crippen LogP contribution in [0.2, 0.25) is 0 Å². The highest BCUT2D eigenvalue weighted by molar-refractivity contribution is 5.92. The molecule has 1 saturated carbocycles. The van der Waals surface area contributed by atoms with Gasteiger partial charge in [-0.1, -0.05) is 37.1 Å². The maximum atomic E-state index is 12.1. The molecule has 0 unspecified atom stereocenters. The summed E-state index contributed by atoms with van der Waals surface area (Å²) >= 11 is 0. The van der Waals surface area contributed by atoms with Crippen LogP contribution in [0.4, 0.5) is 0 Å². The van der Waals surface area contributed by atoms with Gasteiger partial charge in [0.05, 0.1) is 0 Å². The molecule has 1 aliphatic heterocycles. The molecule has 0 radical (unpaired) electrons. The Bertz CT molecular complexity index is 895. The van der Waals surface area contributed by atoms with Crippen molar-refractivity contribution >= 4 is 17.7 Å². The van der Waals surface area contributed by atoms with Crippen molar-refractivity contribution in [1.29, 1.82) is 0 Å². The molecule has 32 heavy (non-hydrogen) atoms. The molecule has 2 aliphatic rings. The largest absolute Gasteiger partial charge is 0.366 e. The summed E-state index contributed by atoms with van der Waals surface area (Å²) < 4.78 is 0. The number of primary amides is 1. The van der Waals surface area contributed by atoms with Gasteiger partial charge in [0.2, 0.25) is 17.7 Å². The number of benzene rings is 1. The van der Waals surface area contributed by atoms with Gasteiger partial charge in [-0.3, -0.25) is 14.4 Å². The lowest BCUT2D eigenvalue weighted by Gasteiger charge is -2.27. The van der Waals surface area contributed by atoms with Crippen LogP contribution in [0.5, 0.6) is 0 Å². The number of carbonyl (C=O) groups excluding carboxylic acids is 3. The summed E-state index contributed by atoms with van der Waals surface area (Å²) in [6.45, 7) is 8.34. The zero-order valence-corrected chi connectivity index (χ0v) is 19.2. The van der Waals surface area contributed by atoms with Gasteiger partial charge in [0.1, 0.15) is 0 Å². The van der Waals surface area contributed by atoms with Crippen LogP contribution in [0.3, 0.4) is 0 Å². The molecule has 6 nitrogen and oxygen atoms in total. The number of nitrogens with zero attached hydrogens (tertiary/aromatic N) is 1. The van der Waals surface area contributed by atoms with Crippen LogP contribution >= 0.6 is 0 Å². The summed E-state index contributed by atoms with van der Waals surface area (Å²) in [5.74, 6) is 0.0610. The van der Waals surface area contributed by atoms with Crippen LogP contribution in [0.25, 0.3) is 0 Å². The fourth-order valence-electron chi connectivity index (χ4n) is 3.88. The minimum Gasteiger partial charge on any atom is -0.366 e. The molecule has 2 fully saturated rings. The third-order valence-corrected chi connectivity index (χ3v) is 5.70. The molecule has 1 heterocycles. The molecule has 3 amide bonds. The maximum absolute atomic E-state index is 12.1. The Labute approximate surface area is 191 Å². The van der Waals surface area contributed by atoms with Crippen molar-refractivity contribution < 1.29 is 14.4 Å². The summed E-state index contributed by atoms with van der Waals surface area (Å²) in [7, 11) is 0. The van der Waals surface area contributed by atoms with Crippen LogP contribution in [0.15, 0.2) is 60.5 Å². The molecule has 6 heteroatoms. The van der Waals surface area contributed by atoms with Crippen molar-refractivity contribution in [2.75, 3.05) is 6.54 Å². The molecule has 0 spiro atoms. The highest BCUT2D eigenvalue weighted by Gasteiger charge is 2.22. The number of carbonyl (C=O) groups is 3. The first-order chi connectivity index (χ1) is 15.3. The van der Waals surface area contributed by atoms with E-state index in [4.69, 9.17) is 5.73 Å². The number of likely N-dealkylation sites (tertiary alicyclic amines) is 1. The van der Waals surface area contributed by atoms with Crippen LogP contribution in [0.1, 0.15) is 67.8 Å². The minimum absolute atomic E-state index is 0.119. The van der Waals surface area contributed by atoms with Crippen molar-refractivity contribution in [1.82, 2.24) is 10.2 Å². The van der Waals surface area contributed by atoms with Gasteiger partial charge < -0.3 is 16.0 Å². The molecule has 172 valence electrons. The smallest absolute Gasteiger partial charge is 0.248 e. The maximum Gasteiger partial charge on any atom is 0.248 e. The van der Waals surface area contributed by atoms with Crippen molar-refractivity contribution in [3.05, 3.63) is 71.6 Å². The minimum atomic E-state index is -0.372. The molecular formula is C26H35N3O3. The Morgan fingerprint density at radius 1 is 1.16 bits per heavy atom. The highest BCUT2D eigenvalue weighted by Crippen LogP contribution is 2.25. The van der Waals surface area contributed by atoms with E-state index in [1.807, 2.05) is 38.1 Å². The second kappa shape index (κ2) is 12.6. The molecule has 1 saturated heterocycles. The van der Waals surface area contributed by atoms with Crippen LogP contribution in [-0.4, -0.2) is 29.2 Å². The lowest BCUT2D eigenvalue weighted by atomic mass is 10.1. The highest BCUT2D eigenvalue weighted by atomic mass is 16.2. The van der Waals surface area contributed by atoms with Gasteiger partial charge in [0.15, 0.2) is 0 Å². The van der Waals surface area contributed by atoms with Gasteiger partial charge in [-0.15, -0.1) is 0 Å². The number of piperidine rings is 1. The topological polar surface area (TPSA) is 92.5 Å². The average Bonchev–Trinajstić information content (AvgIpc) is 3.31. The third kappa shape index (κ3) is 7.84. The van der Waals surface area contributed by atoms with Crippen molar-refractivity contribution in [3.8, 4) is 0 Å². The Hall–Kier alpha value is -3.15. The van der Waals surface area contributed by atoms with E-state index < -0.39 is 0 Å². The first-order valence-corrected chi connectivity index (χ1v) is 11.3. The molecule has 0 atom stereocenters. The number of hydrogen-bond donors (Lipinski definition) is 2. The van der Waals surface area contributed by atoms with E-state index in [-0.39, 0.29) is 23.6 Å². The number of nitrogens with two attached hydrogens (primary N) is 1. The fourth-order valence-corrected chi connectivity index (χ4v) is 3.88. The van der Waals surface area contributed by atoms with E-state index >= 15 is 0 Å². The second-order valence-corrected chi connectivity index (χ2v) is 8.35. The first kappa shape index (κ1) is 25.1. The van der Waals surface area contributed by atoms with E-state index in [2.05, 4.69) is 11.9 Å². The van der Waals surface area contributed by atoms with Gasteiger partial charge in [-0.25, -0.2) is 0 Å². The zero-order chi connectivity index (χ0) is 23.5. The predicted octanol–water partition coefficient (Wildman–Crippen LogP) is 4.37. The van der Waals surface area contributed by atoms with E-state index in [9.17, 15) is 14.4 Å². The molecular weight excluding hydrogens is 402 g/mol. The number of rotatable bonds is 6. The molecule has 3 N–H and O–H groups in total. The normalized spacial score (nSPS) is 17.4. The number of hydrogen-bond acceptors (Lipinski definition) is 3. The summed E-state index contributed by atoms with van der Waals surface area (Å²) in [5, 5.41) is 2.96. The number of amides is 3. The SMILES string of the molecule is C=C/C(=C\C=C(/C)NC(=O)C1CCCC1)N1CCCCC1=O.Cc1cccc(C(N)=O)c1. The third-order valence-electron chi connectivity index (χ3n) is 5.70. The van der Waals surface area contributed by atoms with E-state index in [0.717, 1.165) is 62.0 Å². The van der Waals surface area contributed by atoms with Gasteiger partial charge in [0.25, 0.3) is 0 Å². The van der Waals surface area contributed by atoms with Crippen molar-refractivity contribution in [2.24, 2.45) is 11.7 Å². The zero-order valence-electron chi connectivity index (χ0n) is 19.2. The summed E-state index contributed by atoms with van der Waals surface area (Å²) in [4.78, 5) is 36.4. The summed E-state index contributed by atoms with van der Waals surface area (Å²) in [6, 6.07) is 7.21. The van der Waals surface area contributed by atoms with Gasteiger partial charge >= 0.3 is 0 Å². The Morgan fingerprint density at radius 3 is 2.44 bits per heavy atom. The molecule has 1 aromatic carbocycles. The number of allylic oxidation sites excluding steroid dienone is 4. The molecule has 3 rings (SSSR count). The summed E-state index contributed by atoms with van der Waals surface area (Å²) in [5.41, 5.74) is 8.28. The monoisotopic (exact) mass is 437 g/mol. The van der Waals surface area contributed by atoms with Gasteiger partial charge in [0, 0.05) is 35.8 Å². The van der Waals surface area contributed by atoms with Gasteiger partial charge in [-0.05, 0) is 69.9 Å². The second-order valence-electron chi connectivity index (χ2n) is 8.35. The molecule has 1 aromatic rings. The number of aryl methyl sites for hydroxylation is 1. The lowest BCUT2D eigenvalue weighted by Crippen LogP contribution is -2.33. The lowest BCUT2D eigenvalue weighted by molar-refractivity contribution is -0.131.